The van der Waals surface area contributed by atoms with Crippen LogP contribution in [0.2, 0.25) is 0 Å². The first kappa shape index (κ1) is 15.4. The molecule has 0 aliphatic rings. The van der Waals surface area contributed by atoms with Crippen LogP contribution in [0, 0.1) is 15.9 Å². The number of benzene rings is 2. The van der Waals surface area contributed by atoms with E-state index >= 15 is 0 Å². The van der Waals surface area contributed by atoms with Crippen molar-refractivity contribution in [3.8, 4) is 5.75 Å². The Hall–Kier alpha value is -2.96. The second-order valence-corrected chi connectivity index (χ2v) is 4.35. The third-order valence-corrected chi connectivity index (χ3v) is 2.91. The summed E-state index contributed by atoms with van der Waals surface area (Å²) in [5.74, 6) is -1.27. The minimum Gasteiger partial charge on any atom is -0.497 e. The van der Waals surface area contributed by atoms with Gasteiger partial charge in [-0.25, -0.2) is 9.18 Å². The first-order valence-electron chi connectivity index (χ1n) is 6.25. The number of carbonyl (C=O) groups excluding carboxylic acids is 1. The van der Waals surface area contributed by atoms with Gasteiger partial charge in [0.1, 0.15) is 18.2 Å². The van der Waals surface area contributed by atoms with Crippen LogP contribution in [0.4, 0.5) is 10.1 Å². The van der Waals surface area contributed by atoms with Gasteiger partial charge in [0.25, 0.3) is 5.69 Å². The Morgan fingerprint density at radius 2 is 1.91 bits per heavy atom. The van der Waals surface area contributed by atoms with Gasteiger partial charge in [-0.15, -0.1) is 0 Å². The molecule has 0 aromatic heterocycles. The van der Waals surface area contributed by atoms with E-state index in [9.17, 15) is 19.3 Å². The van der Waals surface area contributed by atoms with Crippen molar-refractivity contribution in [2.24, 2.45) is 0 Å². The average molecular weight is 305 g/mol. The van der Waals surface area contributed by atoms with Gasteiger partial charge in [-0.05, 0) is 29.8 Å². The number of nitro benzene ring substituents is 1. The summed E-state index contributed by atoms with van der Waals surface area (Å²) >= 11 is 0. The third kappa shape index (κ3) is 3.57. The van der Waals surface area contributed by atoms with Crippen LogP contribution in [0.5, 0.6) is 5.75 Å². The van der Waals surface area contributed by atoms with Crippen LogP contribution >= 0.6 is 0 Å². The van der Waals surface area contributed by atoms with Crippen LogP contribution in [-0.2, 0) is 11.3 Å². The smallest absolute Gasteiger partial charge is 0.341 e. The molecule has 0 saturated carbocycles. The Kier molecular flexibility index (Phi) is 4.67. The van der Waals surface area contributed by atoms with Crippen molar-refractivity contribution in [2.45, 2.75) is 6.61 Å². The van der Waals surface area contributed by atoms with E-state index in [2.05, 4.69) is 0 Å². The fourth-order valence-corrected chi connectivity index (χ4v) is 1.73. The predicted octanol–water partition coefficient (Wildman–Crippen LogP) is 3.10. The molecule has 114 valence electrons. The summed E-state index contributed by atoms with van der Waals surface area (Å²) in [5.41, 5.74) is 0.298. The summed E-state index contributed by atoms with van der Waals surface area (Å²) in [6, 6.07) is 9.35. The molecular formula is C15H12FNO5. The van der Waals surface area contributed by atoms with E-state index in [1.165, 1.54) is 43.5 Å². The fraction of sp³-hybridized carbons (Fsp3) is 0.133. The molecule has 0 spiro atoms. The van der Waals surface area contributed by atoms with E-state index in [1.807, 2.05) is 0 Å². The van der Waals surface area contributed by atoms with Crippen LogP contribution in [0.1, 0.15) is 15.9 Å². The average Bonchev–Trinajstić information content (AvgIpc) is 2.52. The number of rotatable bonds is 5. The van der Waals surface area contributed by atoms with E-state index < -0.39 is 16.7 Å². The molecule has 0 atom stereocenters. The van der Waals surface area contributed by atoms with E-state index in [4.69, 9.17) is 9.47 Å². The summed E-state index contributed by atoms with van der Waals surface area (Å²) in [5, 5.41) is 10.5. The first-order chi connectivity index (χ1) is 10.5. The standard InChI is InChI=1S/C15H12FNO5/c1-21-12-6-7-13(14(16)8-12)15(18)22-9-10-2-4-11(5-3-10)17(19)20/h2-8H,9H2,1H3. The van der Waals surface area contributed by atoms with Gasteiger partial charge in [-0.2, -0.15) is 0 Å². The van der Waals surface area contributed by atoms with Gasteiger partial charge in [0.15, 0.2) is 0 Å². The van der Waals surface area contributed by atoms with Gasteiger partial charge in [-0.3, -0.25) is 10.1 Å². The topological polar surface area (TPSA) is 78.7 Å². The third-order valence-electron chi connectivity index (χ3n) is 2.91. The maximum absolute atomic E-state index is 13.7. The number of hydrogen-bond acceptors (Lipinski definition) is 5. The number of nitro groups is 1. The number of halogens is 1. The SMILES string of the molecule is COc1ccc(C(=O)OCc2ccc([N+](=O)[O-])cc2)c(F)c1. The lowest BCUT2D eigenvalue weighted by atomic mass is 10.2. The molecule has 0 N–H and O–H groups in total. The van der Waals surface area contributed by atoms with Crippen LogP contribution in [-0.4, -0.2) is 18.0 Å². The largest absolute Gasteiger partial charge is 0.497 e. The molecule has 0 radical (unpaired) electrons. The van der Waals surface area contributed by atoms with Crippen molar-refractivity contribution in [2.75, 3.05) is 7.11 Å². The maximum atomic E-state index is 13.7. The number of ether oxygens (including phenoxy) is 2. The highest BCUT2D eigenvalue weighted by Crippen LogP contribution is 2.18. The Labute approximate surface area is 125 Å². The summed E-state index contributed by atoms with van der Waals surface area (Å²) < 4.78 is 23.5. The molecule has 2 rings (SSSR count). The summed E-state index contributed by atoms with van der Waals surface area (Å²) in [6.45, 7) is -0.109. The van der Waals surface area contributed by atoms with Crippen LogP contribution in [0.15, 0.2) is 42.5 Å². The number of non-ortho nitro benzene ring substituents is 1. The molecule has 2 aromatic carbocycles. The van der Waals surface area contributed by atoms with Gasteiger partial charge in [-0.1, -0.05) is 0 Å². The first-order valence-corrected chi connectivity index (χ1v) is 6.25. The number of carbonyl (C=O) groups is 1. The number of hydrogen-bond donors (Lipinski definition) is 0. The van der Waals surface area contributed by atoms with Gasteiger partial charge >= 0.3 is 5.97 Å². The molecule has 0 aliphatic heterocycles. The molecule has 0 amide bonds. The monoisotopic (exact) mass is 305 g/mol. The molecule has 0 bridgehead atoms. The second-order valence-electron chi connectivity index (χ2n) is 4.35. The van der Waals surface area contributed by atoms with Gasteiger partial charge in [0.2, 0.25) is 0 Å². The fourth-order valence-electron chi connectivity index (χ4n) is 1.73. The summed E-state index contributed by atoms with van der Waals surface area (Å²) in [7, 11) is 1.39. The Balaban J connectivity index is 2.02. The summed E-state index contributed by atoms with van der Waals surface area (Å²) in [4.78, 5) is 21.8. The molecule has 0 heterocycles. The molecule has 0 fully saturated rings. The van der Waals surface area contributed by atoms with Crippen molar-refractivity contribution >= 4 is 11.7 Å². The molecule has 0 unspecified atom stereocenters. The zero-order valence-corrected chi connectivity index (χ0v) is 11.6. The van der Waals surface area contributed by atoms with Crippen LogP contribution < -0.4 is 4.74 Å². The highest BCUT2D eigenvalue weighted by atomic mass is 19.1. The number of methoxy groups -OCH3 is 1. The van der Waals surface area contributed by atoms with Crippen LogP contribution in [0.3, 0.4) is 0 Å². The second kappa shape index (κ2) is 6.66. The van der Waals surface area contributed by atoms with E-state index in [0.29, 0.717) is 11.3 Å². The minimum absolute atomic E-state index is 0.0590. The molecule has 2 aromatic rings. The highest BCUT2D eigenvalue weighted by Gasteiger charge is 2.14. The Morgan fingerprint density at radius 3 is 2.45 bits per heavy atom. The zero-order valence-electron chi connectivity index (χ0n) is 11.6. The molecule has 6 nitrogen and oxygen atoms in total. The van der Waals surface area contributed by atoms with Crippen LogP contribution in [0.25, 0.3) is 0 Å². The summed E-state index contributed by atoms with van der Waals surface area (Å²) in [6.07, 6.45) is 0. The normalized spacial score (nSPS) is 10.1. The number of nitrogens with zero attached hydrogens (tertiary/aromatic N) is 1. The van der Waals surface area contributed by atoms with Gasteiger partial charge < -0.3 is 9.47 Å². The molecule has 0 aliphatic carbocycles. The number of esters is 1. The lowest BCUT2D eigenvalue weighted by Gasteiger charge is -2.07. The zero-order chi connectivity index (χ0) is 16.1. The molecule has 7 heteroatoms. The maximum Gasteiger partial charge on any atom is 0.341 e. The molecule has 22 heavy (non-hydrogen) atoms. The lowest BCUT2D eigenvalue weighted by molar-refractivity contribution is -0.384. The van der Waals surface area contributed by atoms with Crippen molar-refractivity contribution in [1.29, 1.82) is 0 Å². The quantitative estimate of drug-likeness (QED) is 0.482. The molecule has 0 saturated heterocycles. The van der Waals surface area contributed by atoms with Crippen molar-refractivity contribution in [3.05, 3.63) is 69.5 Å². The van der Waals surface area contributed by atoms with E-state index in [0.717, 1.165) is 6.07 Å². The predicted molar refractivity (Wildman–Crippen MR) is 75.2 cm³/mol. The lowest BCUT2D eigenvalue weighted by Crippen LogP contribution is -2.07. The highest BCUT2D eigenvalue weighted by molar-refractivity contribution is 5.89. The minimum atomic E-state index is -0.821. The van der Waals surface area contributed by atoms with E-state index in [1.54, 1.807) is 0 Å². The Bertz CT molecular complexity index is 700. The van der Waals surface area contributed by atoms with Crippen molar-refractivity contribution in [3.63, 3.8) is 0 Å². The Morgan fingerprint density at radius 1 is 1.23 bits per heavy atom. The molecular weight excluding hydrogens is 293 g/mol. The van der Waals surface area contributed by atoms with Gasteiger partial charge in [0, 0.05) is 18.2 Å². The van der Waals surface area contributed by atoms with Gasteiger partial charge in [0.05, 0.1) is 17.6 Å². The van der Waals surface area contributed by atoms with E-state index in [-0.39, 0.29) is 17.9 Å². The van der Waals surface area contributed by atoms with Crippen molar-refractivity contribution < 1.29 is 23.6 Å². The van der Waals surface area contributed by atoms with Crippen molar-refractivity contribution in [1.82, 2.24) is 0 Å².